The monoisotopic (exact) mass is 543 g/mol. The Morgan fingerprint density at radius 3 is 2.55 bits per heavy atom. The first-order valence-electron chi connectivity index (χ1n) is 9.44. The summed E-state index contributed by atoms with van der Waals surface area (Å²) in [5.74, 6) is 0.617. The fraction of sp³-hybridized carbons (Fsp3) is 0.765. The second-order valence-corrected chi connectivity index (χ2v) is 9.00. The zero-order valence-corrected chi connectivity index (χ0v) is 20.0. The van der Waals surface area contributed by atoms with Crippen LogP contribution in [-0.4, -0.2) is 94.4 Å². The molecule has 1 aromatic rings. The first-order valence-corrected chi connectivity index (χ1v) is 11.0. The molecule has 2 saturated heterocycles. The molecule has 0 radical (unpaired) electrons. The lowest BCUT2D eigenvalue weighted by atomic mass is 9.94. The van der Waals surface area contributed by atoms with Crippen LogP contribution in [0.2, 0.25) is 0 Å². The van der Waals surface area contributed by atoms with Crippen LogP contribution in [-0.2, 0) is 25.2 Å². The van der Waals surface area contributed by atoms with Crippen molar-refractivity contribution in [2.45, 2.75) is 24.2 Å². The van der Waals surface area contributed by atoms with Gasteiger partial charge in [-0.2, -0.15) is 4.31 Å². The predicted molar refractivity (Wildman–Crippen MR) is 119 cm³/mol. The Morgan fingerprint density at radius 2 is 2.00 bits per heavy atom. The van der Waals surface area contributed by atoms with Gasteiger partial charge in [-0.05, 0) is 0 Å². The van der Waals surface area contributed by atoms with Crippen molar-refractivity contribution in [3.63, 3.8) is 0 Å². The number of ether oxygens (including phenoxy) is 2. The summed E-state index contributed by atoms with van der Waals surface area (Å²) in [7, 11) is 0.0507. The van der Waals surface area contributed by atoms with Gasteiger partial charge in [0.15, 0.2) is 5.96 Å². The molecule has 0 amide bonds. The van der Waals surface area contributed by atoms with E-state index in [1.807, 2.05) is 0 Å². The average Bonchev–Trinajstić information content (AvgIpc) is 3.22. The molecule has 0 aromatic carbocycles. The third-order valence-electron chi connectivity index (χ3n) is 5.37. The van der Waals surface area contributed by atoms with Crippen LogP contribution in [0.4, 0.5) is 0 Å². The highest BCUT2D eigenvalue weighted by Gasteiger charge is 2.34. The van der Waals surface area contributed by atoms with Crippen molar-refractivity contribution >= 4 is 40.0 Å². The molecule has 0 bridgehead atoms. The molecular formula is C17H30IN5O5S. The van der Waals surface area contributed by atoms with Crippen molar-refractivity contribution in [3.05, 3.63) is 18.0 Å². The molecule has 10 nitrogen and oxygen atoms in total. The minimum absolute atomic E-state index is 0. The molecule has 0 spiro atoms. The van der Waals surface area contributed by atoms with Crippen LogP contribution in [0.1, 0.15) is 18.5 Å². The molecule has 0 atom stereocenters. The maximum Gasteiger partial charge on any atom is 0.220 e. The van der Waals surface area contributed by atoms with Gasteiger partial charge in [-0.15, -0.1) is 24.0 Å². The summed E-state index contributed by atoms with van der Waals surface area (Å²) in [5, 5.41) is 7.09. The lowest BCUT2D eigenvalue weighted by molar-refractivity contribution is -0.0857. The summed E-state index contributed by atoms with van der Waals surface area (Å²) in [5.41, 5.74) is 0.165. The van der Waals surface area contributed by atoms with Gasteiger partial charge in [-0.25, -0.2) is 8.42 Å². The third-order valence-corrected chi connectivity index (χ3v) is 7.18. The first-order chi connectivity index (χ1) is 13.5. The Hall–Kier alpha value is -0.960. The molecule has 2 aliphatic heterocycles. The van der Waals surface area contributed by atoms with Gasteiger partial charge < -0.3 is 24.2 Å². The fourth-order valence-corrected chi connectivity index (χ4v) is 4.96. The molecule has 0 unspecified atom stereocenters. The summed E-state index contributed by atoms with van der Waals surface area (Å²) >= 11 is 0. The van der Waals surface area contributed by atoms with Crippen molar-refractivity contribution in [2.75, 3.05) is 60.1 Å². The Bertz CT molecular complexity index is 744. The van der Waals surface area contributed by atoms with Gasteiger partial charge >= 0.3 is 0 Å². The first kappa shape index (κ1) is 24.3. The Morgan fingerprint density at radius 1 is 1.31 bits per heavy atom. The maximum atomic E-state index is 12.6. The van der Waals surface area contributed by atoms with Crippen molar-refractivity contribution in [1.82, 2.24) is 19.7 Å². The largest absolute Gasteiger partial charge is 0.381 e. The van der Waals surface area contributed by atoms with Crippen molar-refractivity contribution in [2.24, 2.45) is 4.99 Å². The van der Waals surface area contributed by atoms with Crippen LogP contribution in [0.3, 0.4) is 0 Å². The second-order valence-electron chi connectivity index (χ2n) is 7.03. The molecular weight excluding hydrogens is 513 g/mol. The number of rotatable bonds is 6. The van der Waals surface area contributed by atoms with Gasteiger partial charge in [0, 0.05) is 79.0 Å². The summed E-state index contributed by atoms with van der Waals surface area (Å²) in [6.07, 6.45) is 3.05. The van der Waals surface area contributed by atoms with Gasteiger partial charge in [0.1, 0.15) is 12.0 Å². The molecule has 1 N–H and O–H groups in total. The normalized spacial score (nSPS) is 20.9. The molecule has 3 heterocycles. The second kappa shape index (κ2) is 10.9. The molecule has 0 saturated carbocycles. The van der Waals surface area contributed by atoms with Gasteiger partial charge in [0.05, 0.1) is 11.3 Å². The van der Waals surface area contributed by atoms with Crippen molar-refractivity contribution < 1.29 is 22.4 Å². The van der Waals surface area contributed by atoms with Crippen LogP contribution < -0.4 is 5.32 Å². The predicted octanol–water partition coefficient (Wildman–Crippen LogP) is 0.511. The van der Waals surface area contributed by atoms with Crippen LogP contribution in [0.15, 0.2) is 21.8 Å². The van der Waals surface area contributed by atoms with E-state index in [4.69, 9.17) is 14.0 Å². The number of nitrogens with zero attached hydrogens (tertiary/aromatic N) is 4. The van der Waals surface area contributed by atoms with E-state index in [9.17, 15) is 8.42 Å². The van der Waals surface area contributed by atoms with Gasteiger partial charge in [0.25, 0.3) is 0 Å². The number of hydrogen-bond acceptors (Lipinski definition) is 7. The maximum absolute atomic E-state index is 12.6. The Balaban J connectivity index is 0.00000300. The number of methoxy groups -OCH3 is 1. The van der Waals surface area contributed by atoms with Crippen LogP contribution in [0.25, 0.3) is 0 Å². The number of halogens is 1. The summed E-state index contributed by atoms with van der Waals surface area (Å²) < 4.78 is 42.5. The highest BCUT2D eigenvalue weighted by molar-refractivity contribution is 14.0. The Kier molecular flexibility index (Phi) is 9.13. The summed E-state index contributed by atoms with van der Waals surface area (Å²) in [6, 6.07) is 1.57. The number of aromatic nitrogens is 1. The lowest BCUT2D eigenvalue weighted by Gasteiger charge is -2.39. The number of nitrogens with one attached hydrogen (secondary N) is 1. The zero-order valence-electron chi connectivity index (χ0n) is 16.9. The minimum atomic E-state index is -3.42. The third kappa shape index (κ3) is 6.26. The van der Waals surface area contributed by atoms with Gasteiger partial charge in [0.2, 0.25) is 10.0 Å². The van der Waals surface area contributed by atoms with E-state index in [1.54, 1.807) is 20.2 Å². The van der Waals surface area contributed by atoms with E-state index in [-0.39, 0.29) is 35.3 Å². The summed E-state index contributed by atoms with van der Waals surface area (Å²) in [4.78, 5) is 6.44. The van der Waals surface area contributed by atoms with E-state index in [0.717, 1.165) is 18.8 Å². The molecule has 29 heavy (non-hydrogen) atoms. The standard InChI is InChI=1S/C17H29N5O5S.HI/c1-18-16(19-14-17(25-2)4-11-26-12-5-17)21-6-8-22(9-7-21)28(23,24)13-15-3-10-27-20-15;/h3,10H,4-9,11-14H2,1-2H3,(H,18,19);1H. The molecule has 2 fully saturated rings. The van der Waals surface area contributed by atoms with Crippen molar-refractivity contribution in [1.29, 1.82) is 0 Å². The lowest BCUT2D eigenvalue weighted by Crippen LogP contribution is -2.56. The number of piperazine rings is 1. The quantitative estimate of drug-likeness (QED) is 0.314. The van der Waals surface area contributed by atoms with Crippen LogP contribution >= 0.6 is 24.0 Å². The van der Waals surface area contributed by atoms with E-state index >= 15 is 0 Å². The fourth-order valence-electron chi connectivity index (χ4n) is 3.54. The molecule has 166 valence electrons. The topological polar surface area (TPSA) is 110 Å². The molecule has 2 aliphatic rings. The van der Waals surface area contributed by atoms with Gasteiger partial charge in [-0.1, -0.05) is 5.16 Å². The molecule has 1 aromatic heterocycles. The van der Waals surface area contributed by atoms with Crippen molar-refractivity contribution in [3.8, 4) is 0 Å². The highest BCUT2D eigenvalue weighted by atomic mass is 127. The number of sulfonamides is 1. The summed E-state index contributed by atoms with van der Waals surface area (Å²) in [6.45, 7) is 3.98. The number of hydrogen-bond donors (Lipinski definition) is 1. The van der Waals surface area contributed by atoms with E-state index in [1.165, 1.54) is 10.6 Å². The SMILES string of the molecule is CN=C(NCC1(OC)CCOCC1)N1CCN(S(=O)(=O)Cc2ccon2)CC1.I. The van der Waals surface area contributed by atoms with Crippen LogP contribution in [0, 0.1) is 0 Å². The highest BCUT2D eigenvalue weighted by Crippen LogP contribution is 2.23. The van der Waals surface area contributed by atoms with Gasteiger partial charge in [-0.3, -0.25) is 4.99 Å². The smallest absolute Gasteiger partial charge is 0.220 e. The average molecular weight is 543 g/mol. The van der Waals surface area contributed by atoms with Crippen LogP contribution in [0.5, 0.6) is 0 Å². The molecule has 3 rings (SSSR count). The zero-order chi connectivity index (χ0) is 20.0. The number of guanidine groups is 1. The van der Waals surface area contributed by atoms with E-state index in [2.05, 4.69) is 20.4 Å². The van der Waals surface area contributed by atoms with E-state index in [0.29, 0.717) is 51.6 Å². The molecule has 12 heteroatoms. The molecule has 0 aliphatic carbocycles. The minimum Gasteiger partial charge on any atom is -0.381 e. The Labute approximate surface area is 189 Å². The van der Waals surface area contributed by atoms with E-state index < -0.39 is 10.0 Å². The number of aliphatic imine (C=N–C) groups is 1.